The second-order valence-electron chi connectivity index (χ2n) is 4.11. The van der Waals surface area contributed by atoms with E-state index in [4.69, 9.17) is 4.74 Å². The molecule has 1 unspecified atom stereocenters. The third-order valence-corrected chi connectivity index (χ3v) is 2.65. The second-order valence-corrected chi connectivity index (χ2v) is 4.11. The first kappa shape index (κ1) is 16.2. The van der Waals surface area contributed by atoms with E-state index in [-0.39, 0.29) is 18.6 Å². The molecule has 1 aromatic rings. The standard InChI is InChI=1S/C14H17F2NO3/c1-3-17-12(8-13(18)20-4-2)14(19)9-5-6-10(15)11(16)7-9/h5-7,12,17H,3-4,8H2,1-2H3. The van der Waals surface area contributed by atoms with Crippen molar-refractivity contribution in [3.8, 4) is 0 Å². The first-order valence-corrected chi connectivity index (χ1v) is 6.37. The number of hydrogen-bond donors (Lipinski definition) is 1. The summed E-state index contributed by atoms with van der Waals surface area (Å²) in [7, 11) is 0. The van der Waals surface area contributed by atoms with Crippen molar-refractivity contribution in [1.29, 1.82) is 0 Å². The maximum Gasteiger partial charge on any atom is 0.307 e. The van der Waals surface area contributed by atoms with Gasteiger partial charge in [-0.15, -0.1) is 0 Å². The van der Waals surface area contributed by atoms with Crippen molar-refractivity contribution in [3.05, 3.63) is 35.4 Å². The predicted octanol–water partition coefficient (Wildman–Crippen LogP) is 2.08. The van der Waals surface area contributed by atoms with E-state index in [1.165, 1.54) is 6.07 Å². The van der Waals surface area contributed by atoms with Crippen LogP contribution in [0, 0.1) is 11.6 Å². The fourth-order valence-electron chi connectivity index (χ4n) is 1.74. The van der Waals surface area contributed by atoms with E-state index in [0.717, 1.165) is 12.1 Å². The molecule has 1 aromatic carbocycles. The van der Waals surface area contributed by atoms with E-state index in [0.29, 0.717) is 6.54 Å². The molecule has 0 fully saturated rings. The number of carbonyl (C=O) groups is 2. The molecular weight excluding hydrogens is 268 g/mol. The monoisotopic (exact) mass is 285 g/mol. The first-order chi connectivity index (χ1) is 9.49. The molecule has 0 aromatic heterocycles. The summed E-state index contributed by atoms with van der Waals surface area (Å²) in [5, 5.41) is 2.84. The van der Waals surface area contributed by atoms with Crippen LogP contribution in [0.5, 0.6) is 0 Å². The van der Waals surface area contributed by atoms with Crippen LogP contribution in [0.2, 0.25) is 0 Å². The van der Waals surface area contributed by atoms with E-state index in [1.54, 1.807) is 13.8 Å². The number of likely N-dealkylation sites (N-methyl/N-ethyl adjacent to an activating group) is 1. The lowest BCUT2D eigenvalue weighted by Crippen LogP contribution is -2.39. The Morgan fingerprint density at radius 1 is 1.25 bits per heavy atom. The van der Waals surface area contributed by atoms with Crippen molar-refractivity contribution >= 4 is 11.8 Å². The number of ketones is 1. The van der Waals surface area contributed by atoms with Gasteiger partial charge < -0.3 is 10.1 Å². The number of rotatable bonds is 7. The maximum atomic E-state index is 13.1. The molecule has 0 aliphatic carbocycles. The Hall–Kier alpha value is -1.82. The Bertz CT molecular complexity index is 491. The highest BCUT2D eigenvalue weighted by Gasteiger charge is 2.23. The molecule has 20 heavy (non-hydrogen) atoms. The Labute approximate surface area is 116 Å². The topological polar surface area (TPSA) is 55.4 Å². The van der Waals surface area contributed by atoms with Gasteiger partial charge in [-0.1, -0.05) is 6.92 Å². The smallest absolute Gasteiger partial charge is 0.307 e. The summed E-state index contributed by atoms with van der Waals surface area (Å²) >= 11 is 0. The number of benzene rings is 1. The van der Waals surface area contributed by atoms with Gasteiger partial charge in [0.15, 0.2) is 17.4 Å². The van der Waals surface area contributed by atoms with Gasteiger partial charge in [0, 0.05) is 5.56 Å². The lowest BCUT2D eigenvalue weighted by Gasteiger charge is -2.16. The maximum absolute atomic E-state index is 13.1. The van der Waals surface area contributed by atoms with E-state index >= 15 is 0 Å². The number of Topliss-reactive ketones (excluding diaryl/α,β-unsaturated/α-hetero) is 1. The lowest BCUT2D eigenvalue weighted by molar-refractivity contribution is -0.143. The summed E-state index contributed by atoms with van der Waals surface area (Å²) in [6.07, 6.45) is -0.153. The highest BCUT2D eigenvalue weighted by Crippen LogP contribution is 2.12. The van der Waals surface area contributed by atoms with Crippen molar-refractivity contribution in [2.24, 2.45) is 0 Å². The van der Waals surface area contributed by atoms with Crippen LogP contribution in [0.25, 0.3) is 0 Å². The molecule has 0 heterocycles. The zero-order chi connectivity index (χ0) is 15.1. The van der Waals surface area contributed by atoms with Crippen LogP contribution in [0.15, 0.2) is 18.2 Å². The lowest BCUT2D eigenvalue weighted by atomic mass is 10.0. The van der Waals surface area contributed by atoms with E-state index in [9.17, 15) is 18.4 Å². The molecule has 0 aliphatic heterocycles. The Balaban J connectivity index is 2.87. The third kappa shape index (κ3) is 4.38. The predicted molar refractivity (Wildman–Crippen MR) is 69.4 cm³/mol. The van der Waals surface area contributed by atoms with Crippen LogP contribution < -0.4 is 5.32 Å². The minimum absolute atomic E-state index is 0.0131. The van der Waals surface area contributed by atoms with Crippen LogP contribution in [-0.4, -0.2) is 30.9 Å². The zero-order valence-electron chi connectivity index (χ0n) is 11.4. The summed E-state index contributed by atoms with van der Waals surface area (Å²) < 4.78 is 30.8. The molecule has 1 N–H and O–H groups in total. The van der Waals surface area contributed by atoms with Gasteiger partial charge in [0.05, 0.1) is 19.1 Å². The van der Waals surface area contributed by atoms with Crippen molar-refractivity contribution < 1.29 is 23.1 Å². The molecule has 6 heteroatoms. The number of ether oxygens (including phenoxy) is 1. The molecule has 0 amide bonds. The van der Waals surface area contributed by atoms with Gasteiger partial charge in [0.1, 0.15) is 0 Å². The number of nitrogens with one attached hydrogen (secondary N) is 1. The molecule has 0 radical (unpaired) electrons. The van der Waals surface area contributed by atoms with Crippen molar-refractivity contribution in [1.82, 2.24) is 5.32 Å². The largest absolute Gasteiger partial charge is 0.466 e. The van der Waals surface area contributed by atoms with Crippen LogP contribution in [0.1, 0.15) is 30.6 Å². The van der Waals surface area contributed by atoms with Gasteiger partial charge >= 0.3 is 5.97 Å². The van der Waals surface area contributed by atoms with Crippen LogP contribution in [-0.2, 0) is 9.53 Å². The second kappa shape index (κ2) is 7.69. The summed E-state index contributed by atoms with van der Waals surface area (Å²) in [4.78, 5) is 23.6. The summed E-state index contributed by atoms with van der Waals surface area (Å²) in [6.45, 7) is 4.12. The minimum Gasteiger partial charge on any atom is -0.466 e. The van der Waals surface area contributed by atoms with Gasteiger partial charge in [0.25, 0.3) is 0 Å². The zero-order valence-corrected chi connectivity index (χ0v) is 11.4. The summed E-state index contributed by atoms with van der Waals surface area (Å²) in [6, 6.07) is 2.09. The van der Waals surface area contributed by atoms with Crippen LogP contribution in [0.3, 0.4) is 0 Å². The highest BCUT2D eigenvalue weighted by atomic mass is 19.2. The molecule has 0 saturated heterocycles. The van der Waals surface area contributed by atoms with Gasteiger partial charge in [-0.05, 0) is 31.7 Å². The molecule has 110 valence electrons. The van der Waals surface area contributed by atoms with Gasteiger partial charge in [0.2, 0.25) is 0 Å². The molecular formula is C14H17F2NO3. The van der Waals surface area contributed by atoms with Gasteiger partial charge in [-0.2, -0.15) is 0 Å². The van der Waals surface area contributed by atoms with Crippen molar-refractivity contribution in [3.63, 3.8) is 0 Å². The number of carbonyl (C=O) groups excluding carboxylic acids is 2. The van der Waals surface area contributed by atoms with E-state index in [1.807, 2.05) is 0 Å². The molecule has 1 rings (SSSR count). The average molecular weight is 285 g/mol. The van der Waals surface area contributed by atoms with Crippen LogP contribution in [0.4, 0.5) is 8.78 Å². The summed E-state index contributed by atoms with van der Waals surface area (Å²) in [5.74, 6) is -3.11. The fourth-order valence-corrected chi connectivity index (χ4v) is 1.74. The third-order valence-electron chi connectivity index (χ3n) is 2.65. The Kier molecular flexibility index (Phi) is 6.24. The van der Waals surface area contributed by atoms with Crippen molar-refractivity contribution in [2.45, 2.75) is 26.3 Å². The Morgan fingerprint density at radius 3 is 2.50 bits per heavy atom. The normalized spacial score (nSPS) is 12.0. The molecule has 0 aliphatic rings. The van der Waals surface area contributed by atoms with Crippen LogP contribution >= 0.6 is 0 Å². The molecule has 0 spiro atoms. The Morgan fingerprint density at radius 2 is 1.95 bits per heavy atom. The number of esters is 1. The van der Waals surface area contributed by atoms with Crippen molar-refractivity contribution in [2.75, 3.05) is 13.2 Å². The van der Waals surface area contributed by atoms with E-state index in [2.05, 4.69) is 5.32 Å². The average Bonchev–Trinajstić information content (AvgIpc) is 2.41. The number of halogens is 2. The molecule has 4 nitrogen and oxygen atoms in total. The quantitative estimate of drug-likeness (QED) is 0.615. The minimum atomic E-state index is -1.10. The SMILES string of the molecule is CCNC(CC(=O)OCC)C(=O)c1ccc(F)c(F)c1. The summed E-state index contributed by atoms with van der Waals surface area (Å²) in [5.41, 5.74) is 0.0131. The van der Waals surface area contributed by atoms with E-state index < -0.39 is 29.4 Å². The molecule has 1 atom stereocenters. The molecule has 0 bridgehead atoms. The highest BCUT2D eigenvalue weighted by molar-refractivity contribution is 6.01. The fraction of sp³-hybridized carbons (Fsp3) is 0.429. The van der Waals surface area contributed by atoms with Gasteiger partial charge in [-0.25, -0.2) is 8.78 Å². The first-order valence-electron chi connectivity index (χ1n) is 6.37. The molecule has 0 saturated carbocycles. The van der Waals surface area contributed by atoms with Gasteiger partial charge in [-0.3, -0.25) is 9.59 Å². The number of hydrogen-bond acceptors (Lipinski definition) is 4.